The van der Waals surface area contributed by atoms with Crippen LogP contribution in [0.5, 0.6) is 11.5 Å². The van der Waals surface area contributed by atoms with Crippen LogP contribution in [-0.4, -0.2) is 11.7 Å². The average Bonchev–Trinajstić information content (AvgIpc) is 3.24. The largest absolute Gasteiger partial charge is 0.507 e. The second kappa shape index (κ2) is 5.19. The zero-order valence-corrected chi connectivity index (χ0v) is 10.7. The summed E-state index contributed by atoms with van der Waals surface area (Å²) in [5, 5.41) is 9.94. The van der Waals surface area contributed by atoms with Gasteiger partial charge < -0.3 is 9.84 Å². The molecule has 0 aromatic heterocycles. The molecule has 0 spiro atoms. The Bertz CT molecular complexity index is 608. The summed E-state index contributed by atoms with van der Waals surface area (Å²) in [6, 6.07) is 15.1. The summed E-state index contributed by atoms with van der Waals surface area (Å²) in [4.78, 5) is 0. The Labute approximate surface area is 113 Å². The van der Waals surface area contributed by atoms with Gasteiger partial charge in [0.2, 0.25) is 0 Å². The molecular formula is C17H16O2. The highest BCUT2D eigenvalue weighted by Gasteiger charge is 2.11. The maximum atomic E-state index is 9.94. The number of para-hydroxylation sites is 2. The van der Waals surface area contributed by atoms with Gasteiger partial charge in [0, 0.05) is 11.1 Å². The van der Waals surface area contributed by atoms with Gasteiger partial charge in [-0.05, 0) is 31.1 Å². The monoisotopic (exact) mass is 252 g/mol. The zero-order valence-electron chi connectivity index (χ0n) is 10.7. The van der Waals surface area contributed by atoms with E-state index < -0.39 is 0 Å². The van der Waals surface area contributed by atoms with Crippen molar-refractivity contribution in [2.75, 3.05) is 6.61 Å². The number of aromatic hydroxyl groups is 1. The number of hydrogen-bond donors (Lipinski definition) is 1. The molecule has 1 N–H and O–H groups in total. The minimum atomic E-state index is 0.277. The first-order valence-corrected chi connectivity index (χ1v) is 6.53. The zero-order chi connectivity index (χ0) is 13.1. The number of benzene rings is 2. The number of phenolic OH excluding ortho intramolecular Hbond substituents is 1. The second-order valence-corrected chi connectivity index (χ2v) is 4.69. The summed E-state index contributed by atoms with van der Waals surface area (Å²) in [7, 11) is 0. The van der Waals surface area contributed by atoms with Gasteiger partial charge in [-0.15, -0.1) is 0 Å². The predicted molar refractivity (Wildman–Crippen MR) is 76.4 cm³/mol. The van der Waals surface area contributed by atoms with Crippen LogP contribution in [0.1, 0.15) is 12.8 Å². The van der Waals surface area contributed by atoms with E-state index in [4.69, 9.17) is 4.74 Å². The van der Waals surface area contributed by atoms with Gasteiger partial charge in [0.05, 0.1) is 0 Å². The maximum absolute atomic E-state index is 9.94. The van der Waals surface area contributed by atoms with Crippen molar-refractivity contribution in [3.8, 4) is 22.6 Å². The fraction of sp³-hybridized carbons (Fsp3) is 0.176. The summed E-state index contributed by atoms with van der Waals surface area (Å²) >= 11 is 0. The van der Waals surface area contributed by atoms with Crippen molar-refractivity contribution in [2.45, 2.75) is 12.8 Å². The average molecular weight is 252 g/mol. The van der Waals surface area contributed by atoms with Crippen LogP contribution in [-0.2, 0) is 0 Å². The first-order valence-electron chi connectivity index (χ1n) is 6.53. The highest BCUT2D eigenvalue weighted by atomic mass is 16.5. The van der Waals surface area contributed by atoms with Gasteiger partial charge in [-0.1, -0.05) is 42.0 Å². The predicted octanol–water partition coefficient (Wildman–Crippen LogP) is 4.16. The number of allylic oxidation sites excluding steroid dienone is 1. The highest BCUT2D eigenvalue weighted by molar-refractivity contribution is 5.75. The molecule has 2 heteroatoms. The van der Waals surface area contributed by atoms with E-state index in [1.165, 1.54) is 18.4 Å². The third kappa shape index (κ3) is 2.79. The van der Waals surface area contributed by atoms with Crippen LogP contribution in [0.15, 0.2) is 60.2 Å². The molecule has 0 heterocycles. The van der Waals surface area contributed by atoms with Gasteiger partial charge in [-0.3, -0.25) is 0 Å². The molecule has 96 valence electrons. The summed E-state index contributed by atoms with van der Waals surface area (Å²) in [5.41, 5.74) is 3.20. The Balaban J connectivity index is 1.88. The second-order valence-electron chi connectivity index (χ2n) is 4.69. The standard InChI is InChI=1S/C17H16O2/c18-16-7-3-1-5-14(16)15-6-2-4-8-17(15)19-12-11-13-9-10-13/h1-8,11,18H,9-10,12H2. The molecule has 0 atom stereocenters. The fourth-order valence-electron chi connectivity index (χ4n) is 2.04. The molecule has 0 bridgehead atoms. The molecule has 2 nitrogen and oxygen atoms in total. The maximum Gasteiger partial charge on any atom is 0.127 e. The first kappa shape index (κ1) is 11.8. The number of rotatable bonds is 4. The van der Waals surface area contributed by atoms with Crippen LogP contribution >= 0.6 is 0 Å². The van der Waals surface area contributed by atoms with Crippen LogP contribution in [0.3, 0.4) is 0 Å². The third-order valence-corrected chi connectivity index (χ3v) is 3.23. The molecule has 1 aliphatic carbocycles. The number of hydrogen-bond acceptors (Lipinski definition) is 2. The minimum Gasteiger partial charge on any atom is -0.507 e. The van der Waals surface area contributed by atoms with E-state index >= 15 is 0 Å². The first-order chi connectivity index (χ1) is 9.34. The van der Waals surface area contributed by atoms with Crippen molar-refractivity contribution >= 4 is 0 Å². The Hall–Kier alpha value is -2.22. The number of phenols is 1. The van der Waals surface area contributed by atoms with Crippen LogP contribution in [0.4, 0.5) is 0 Å². The van der Waals surface area contributed by atoms with E-state index in [2.05, 4.69) is 6.08 Å². The molecule has 3 rings (SSSR count). The lowest BCUT2D eigenvalue weighted by Gasteiger charge is -2.11. The van der Waals surface area contributed by atoms with Crippen molar-refractivity contribution in [1.82, 2.24) is 0 Å². The third-order valence-electron chi connectivity index (χ3n) is 3.23. The van der Waals surface area contributed by atoms with Gasteiger partial charge in [-0.25, -0.2) is 0 Å². The molecular weight excluding hydrogens is 236 g/mol. The van der Waals surface area contributed by atoms with Gasteiger partial charge in [0.15, 0.2) is 0 Å². The molecule has 2 aromatic carbocycles. The molecule has 1 aliphatic rings. The van der Waals surface area contributed by atoms with Crippen molar-refractivity contribution in [2.24, 2.45) is 0 Å². The van der Waals surface area contributed by atoms with Crippen molar-refractivity contribution in [3.63, 3.8) is 0 Å². The van der Waals surface area contributed by atoms with E-state index in [1.54, 1.807) is 6.07 Å². The van der Waals surface area contributed by atoms with Crippen LogP contribution in [0.2, 0.25) is 0 Å². The Morgan fingerprint density at radius 2 is 1.63 bits per heavy atom. The molecule has 0 amide bonds. The molecule has 0 unspecified atom stereocenters. The highest BCUT2D eigenvalue weighted by Crippen LogP contribution is 2.35. The summed E-state index contributed by atoms with van der Waals surface area (Å²) in [5.74, 6) is 1.08. The molecule has 0 saturated heterocycles. The van der Waals surface area contributed by atoms with Gasteiger partial charge >= 0.3 is 0 Å². The normalized spacial score (nSPS) is 13.2. The van der Waals surface area contributed by atoms with Crippen LogP contribution in [0, 0.1) is 0 Å². The summed E-state index contributed by atoms with van der Waals surface area (Å²) < 4.78 is 5.81. The number of ether oxygens (including phenoxy) is 1. The molecule has 2 aromatic rings. The van der Waals surface area contributed by atoms with Crippen molar-refractivity contribution in [1.29, 1.82) is 0 Å². The lowest BCUT2D eigenvalue weighted by Crippen LogP contribution is -1.95. The van der Waals surface area contributed by atoms with Crippen molar-refractivity contribution in [3.05, 3.63) is 60.2 Å². The molecule has 1 saturated carbocycles. The Morgan fingerprint density at radius 3 is 2.37 bits per heavy atom. The minimum absolute atomic E-state index is 0.277. The lowest BCUT2D eigenvalue weighted by molar-refractivity contribution is 0.363. The van der Waals surface area contributed by atoms with Crippen LogP contribution < -0.4 is 4.74 Å². The SMILES string of the molecule is Oc1ccccc1-c1ccccc1OCC=C1CC1. The summed E-state index contributed by atoms with van der Waals surface area (Å²) in [6.45, 7) is 0.597. The van der Waals surface area contributed by atoms with Gasteiger partial charge in [0.25, 0.3) is 0 Å². The van der Waals surface area contributed by atoms with Crippen molar-refractivity contribution < 1.29 is 9.84 Å². The van der Waals surface area contributed by atoms with Gasteiger partial charge in [0.1, 0.15) is 18.1 Å². The topological polar surface area (TPSA) is 29.5 Å². The molecule has 0 radical (unpaired) electrons. The Morgan fingerprint density at radius 1 is 0.947 bits per heavy atom. The lowest BCUT2D eigenvalue weighted by atomic mass is 10.0. The Kier molecular flexibility index (Phi) is 3.23. The van der Waals surface area contributed by atoms with E-state index in [0.717, 1.165) is 16.9 Å². The fourth-order valence-corrected chi connectivity index (χ4v) is 2.04. The smallest absolute Gasteiger partial charge is 0.127 e. The molecule has 1 fully saturated rings. The van der Waals surface area contributed by atoms with E-state index in [0.29, 0.717) is 6.61 Å². The van der Waals surface area contributed by atoms with Crippen LogP contribution in [0.25, 0.3) is 11.1 Å². The summed E-state index contributed by atoms with van der Waals surface area (Å²) in [6.07, 6.45) is 4.57. The van der Waals surface area contributed by atoms with E-state index in [9.17, 15) is 5.11 Å². The quantitative estimate of drug-likeness (QED) is 0.828. The van der Waals surface area contributed by atoms with E-state index in [1.807, 2.05) is 42.5 Å². The molecule has 0 aliphatic heterocycles. The van der Waals surface area contributed by atoms with E-state index in [-0.39, 0.29) is 5.75 Å². The van der Waals surface area contributed by atoms with Gasteiger partial charge in [-0.2, -0.15) is 0 Å². The molecule has 19 heavy (non-hydrogen) atoms.